The summed E-state index contributed by atoms with van der Waals surface area (Å²) in [5, 5.41) is 0. The Balaban J connectivity index is 1.61. The van der Waals surface area contributed by atoms with E-state index in [0.29, 0.717) is 31.1 Å². The number of hydrogen-bond donors (Lipinski definition) is 0. The second-order valence-corrected chi connectivity index (χ2v) is 7.24. The van der Waals surface area contributed by atoms with Gasteiger partial charge in [0.1, 0.15) is 0 Å². The van der Waals surface area contributed by atoms with Crippen LogP contribution < -0.4 is 9.47 Å². The first-order chi connectivity index (χ1) is 15.3. The SMILES string of the molecule is CCOc1ccccc1OCC(=O)N1CCCN(C(=O)c2ccccc2C(F)(F)F)CC1. The summed E-state index contributed by atoms with van der Waals surface area (Å²) in [5.74, 6) is 0.0484. The van der Waals surface area contributed by atoms with E-state index in [4.69, 9.17) is 9.47 Å². The minimum Gasteiger partial charge on any atom is -0.490 e. The van der Waals surface area contributed by atoms with E-state index in [9.17, 15) is 22.8 Å². The third-order valence-corrected chi connectivity index (χ3v) is 5.10. The lowest BCUT2D eigenvalue weighted by Crippen LogP contribution is -2.39. The molecule has 0 radical (unpaired) electrons. The highest BCUT2D eigenvalue weighted by Gasteiger charge is 2.36. The summed E-state index contributed by atoms with van der Waals surface area (Å²) >= 11 is 0. The van der Waals surface area contributed by atoms with Crippen molar-refractivity contribution < 1.29 is 32.2 Å². The normalized spacial score (nSPS) is 14.6. The molecule has 0 N–H and O–H groups in total. The molecule has 0 unspecified atom stereocenters. The van der Waals surface area contributed by atoms with Crippen molar-refractivity contribution in [1.29, 1.82) is 0 Å². The molecule has 0 aliphatic carbocycles. The molecule has 1 aliphatic rings. The fraction of sp³-hybridized carbons (Fsp3) is 0.391. The summed E-state index contributed by atoms with van der Waals surface area (Å²) in [6, 6.07) is 11.8. The van der Waals surface area contributed by atoms with Gasteiger partial charge in [-0.05, 0) is 37.6 Å². The first kappa shape index (κ1) is 23.4. The van der Waals surface area contributed by atoms with E-state index < -0.39 is 17.6 Å². The molecule has 2 aromatic rings. The topological polar surface area (TPSA) is 59.1 Å². The minimum absolute atomic E-state index is 0.145. The van der Waals surface area contributed by atoms with E-state index >= 15 is 0 Å². The highest BCUT2D eigenvalue weighted by Crippen LogP contribution is 2.32. The zero-order valence-corrected chi connectivity index (χ0v) is 17.7. The summed E-state index contributed by atoms with van der Waals surface area (Å²) in [4.78, 5) is 28.3. The first-order valence-electron chi connectivity index (χ1n) is 10.4. The Hall–Kier alpha value is -3.23. The second kappa shape index (κ2) is 10.4. The Morgan fingerprint density at radius 1 is 0.875 bits per heavy atom. The molecule has 32 heavy (non-hydrogen) atoms. The highest BCUT2D eigenvalue weighted by atomic mass is 19.4. The number of nitrogens with zero attached hydrogens (tertiary/aromatic N) is 2. The lowest BCUT2D eigenvalue weighted by molar-refractivity contribution is -0.138. The van der Waals surface area contributed by atoms with Crippen LogP contribution in [0.3, 0.4) is 0 Å². The van der Waals surface area contributed by atoms with E-state index in [1.54, 1.807) is 29.2 Å². The van der Waals surface area contributed by atoms with Gasteiger partial charge in [-0.2, -0.15) is 13.2 Å². The number of rotatable bonds is 6. The van der Waals surface area contributed by atoms with Crippen molar-refractivity contribution >= 4 is 11.8 Å². The molecule has 0 atom stereocenters. The van der Waals surface area contributed by atoms with Crippen LogP contribution in [0.5, 0.6) is 11.5 Å². The van der Waals surface area contributed by atoms with Crippen LogP contribution in [-0.4, -0.2) is 61.0 Å². The summed E-state index contributed by atoms with van der Waals surface area (Å²) in [6.07, 6.45) is -4.16. The van der Waals surface area contributed by atoms with Crippen LogP contribution in [0, 0.1) is 0 Å². The number of ether oxygens (including phenoxy) is 2. The van der Waals surface area contributed by atoms with Crippen molar-refractivity contribution in [2.75, 3.05) is 39.4 Å². The van der Waals surface area contributed by atoms with Gasteiger partial charge in [0.05, 0.1) is 17.7 Å². The molecule has 1 heterocycles. The predicted molar refractivity (Wildman–Crippen MR) is 112 cm³/mol. The number of alkyl halides is 3. The molecule has 1 aliphatic heterocycles. The zero-order chi connectivity index (χ0) is 23.1. The van der Waals surface area contributed by atoms with Gasteiger partial charge in [-0.15, -0.1) is 0 Å². The molecule has 1 fully saturated rings. The van der Waals surface area contributed by atoms with Crippen molar-refractivity contribution in [3.05, 3.63) is 59.7 Å². The second-order valence-electron chi connectivity index (χ2n) is 7.24. The average molecular weight is 450 g/mol. The van der Waals surface area contributed by atoms with E-state index in [0.717, 1.165) is 6.07 Å². The summed E-state index contributed by atoms with van der Waals surface area (Å²) in [7, 11) is 0. The molecule has 2 aromatic carbocycles. The molecule has 2 amide bonds. The molecule has 0 bridgehead atoms. The summed E-state index contributed by atoms with van der Waals surface area (Å²) in [6.45, 7) is 3.13. The van der Waals surface area contributed by atoms with Crippen LogP contribution in [0.2, 0.25) is 0 Å². The maximum absolute atomic E-state index is 13.3. The zero-order valence-electron chi connectivity index (χ0n) is 17.7. The number of carbonyl (C=O) groups is 2. The molecule has 1 saturated heterocycles. The van der Waals surface area contributed by atoms with Gasteiger partial charge in [-0.3, -0.25) is 9.59 Å². The smallest absolute Gasteiger partial charge is 0.417 e. The highest BCUT2D eigenvalue weighted by molar-refractivity contribution is 5.96. The van der Waals surface area contributed by atoms with Crippen LogP contribution >= 0.6 is 0 Å². The van der Waals surface area contributed by atoms with Gasteiger partial charge < -0.3 is 19.3 Å². The Morgan fingerprint density at radius 2 is 1.47 bits per heavy atom. The van der Waals surface area contributed by atoms with E-state index in [1.807, 2.05) is 6.92 Å². The van der Waals surface area contributed by atoms with Gasteiger partial charge in [0.15, 0.2) is 18.1 Å². The number of carbonyl (C=O) groups excluding carboxylic acids is 2. The van der Waals surface area contributed by atoms with Crippen LogP contribution in [-0.2, 0) is 11.0 Å². The standard InChI is InChI=1S/C23H25F3N2O4/c1-2-31-19-10-5-6-11-20(19)32-16-21(29)27-12-7-13-28(15-14-27)22(30)17-8-3-4-9-18(17)23(24,25)26/h3-6,8-11H,2,7,12-16H2,1H3. The Kier molecular flexibility index (Phi) is 7.61. The molecule has 172 valence electrons. The number of para-hydroxylation sites is 2. The number of benzene rings is 2. The molecule has 0 saturated carbocycles. The molecule has 9 heteroatoms. The van der Waals surface area contributed by atoms with Gasteiger partial charge in [0.25, 0.3) is 11.8 Å². The van der Waals surface area contributed by atoms with Crippen molar-refractivity contribution in [2.24, 2.45) is 0 Å². The largest absolute Gasteiger partial charge is 0.490 e. The van der Waals surface area contributed by atoms with Crippen LogP contribution in [0.25, 0.3) is 0 Å². The Labute approximate surface area is 184 Å². The molecule has 0 spiro atoms. The van der Waals surface area contributed by atoms with E-state index in [1.165, 1.54) is 23.1 Å². The lowest BCUT2D eigenvalue weighted by Gasteiger charge is -2.23. The molecule has 3 rings (SSSR count). The lowest BCUT2D eigenvalue weighted by atomic mass is 10.1. The van der Waals surface area contributed by atoms with Gasteiger partial charge in [-0.25, -0.2) is 0 Å². The first-order valence-corrected chi connectivity index (χ1v) is 10.4. The van der Waals surface area contributed by atoms with E-state index in [-0.39, 0.29) is 37.7 Å². The average Bonchev–Trinajstić information content (AvgIpc) is 3.04. The molecule has 0 aromatic heterocycles. The minimum atomic E-state index is -4.62. The van der Waals surface area contributed by atoms with Gasteiger partial charge >= 0.3 is 6.18 Å². The molecular formula is C23H25F3N2O4. The van der Waals surface area contributed by atoms with Crippen molar-refractivity contribution in [1.82, 2.24) is 9.80 Å². The Bertz CT molecular complexity index is 949. The van der Waals surface area contributed by atoms with Crippen molar-refractivity contribution in [3.63, 3.8) is 0 Å². The summed E-state index contributed by atoms with van der Waals surface area (Å²) < 4.78 is 50.9. The fourth-order valence-corrected chi connectivity index (χ4v) is 3.53. The number of halogens is 3. The number of hydrogen-bond acceptors (Lipinski definition) is 4. The summed E-state index contributed by atoms with van der Waals surface area (Å²) in [5.41, 5.74) is -1.33. The predicted octanol–water partition coefficient (Wildman–Crippen LogP) is 3.86. The van der Waals surface area contributed by atoms with Gasteiger partial charge in [-0.1, -0.05) is 24.3 Å². The van der Waals surface area contributed by atoms with E-state index in [2.05, 4.69) is 0 Å². The van der Waals surface area contributed by atoms with Crippen molar-refractivity contribution in [2.45, 2.75) is 19.5 Å². The van der Waals surface area contributed by atoms with Crippen LogP contribution in [0.15, 0.2) is 48.5 Å². The van der Waals surface area contributed by atoms with Crippen LogP contribution in [0.1, 0.15) is 29.3 Å². The maximum atomic E-state index is 13.3. The van der Waals surface area contributed by atoms with Crippen molar-refractivity contribution in [3.8, 4) is 11.5 Å². The fourth-order valence-electron chi connectivity index (χ4n) is 3.53. The van der Waals surface area contributed by atoms with Gasteiger partial charge in [0.2, 0.25) is 0 Å². The number of amides is 2. The molecular weight excluding hydrogens is 425 g/mol. The quantitative estimate of drug-likeness (QED) is 0.671. The van der Waals surface area contributed by atoms with Gasteiger partial charge in [0, 0.05) is 26.2 Å². The monoisotopic (exact) mass is 450 g/mol. The van der Waals surface area contributed by atoms with Crippen LogP contribution in [0.4, 0.5) is 13.2 Å². The third kappa shape index (κ3) is 5.72. The third-order valence-electron chi connectivity index (χ3n) is 5.10. The maximum Gasteiger partial charge on any atom is 0.417 e. The Morgan fingerprint density at radius 3 is 2.16 bits per heavy atom. The molecule has 6 nitrogen and oxygen atoms in total.